The van der Waals surface area contributed by atoms with Gasteiger partial charge in [-0.3, -0.25) is 0 Å². The third kappa shape index (κ3) is 3.42. The minimum Gasteiger partial charge on any atom is -0.496 e. The highest BCUT2D eigenvalue weighted by molar-refractivity contribution is 6.31. The highest BCUT2D eigenvalue weighted by atomic mass is 35.5. The Balaban J connectivity index is 2.28. The summed E-state index contributed by atoms with van der Waals surface area (Å²) >= 11 is 11.8. The van der Waals surface area contributed by atoms with Crippen molar-refractivity contribution in [1.29, 1.82) is 0 Å². The molecule has 0 saturated heterocycles. The Bertz CT molecular complexity index is 619. The Labute approximate surface area is 127 Å². The lowest BCUT2D eigenvalue weighted by atomic mass is 9.98. The van der Waals surface area contributed by atoms with Gasteiger partial charge in [-0.2, -0.15) is 0 Å². The molecule has 1 unspecified atom stereocenters. The predicted octanol–water partition coefficient (Wildman–Crippen LogP) is 4.38. The molecule has 2 N–H and O–H groups in total. The smallest absolute Gasteiger partial charge is 0.126 e. The summed E-state index contributed by atoms with van der Waals surface area (Å²) in [4.78, 5) is 0. The van der Waals surface area contributed by atoms with Crippen molar-refractivity contribution in [3.63, 3.8) is 0 Å². The van der Waals surface area contributed by atoms with Crippen LogP contribution in [0.5, 0.6) is 5.75 Å². The molecule has 0 radical (unpaired) electrons. The molecule has 1 atom stereocenters. The minimum atomic E-state index is -0.407. The predicted molar refractivity (Wildman–Crippen MR) is 80.0 cm³/mol. The maximum Gasteiger partial charge on any atom is 0.126 e. The van der Waals surface area contributed by atoms with E-state index in [1.54, 1.807) is 31.4 Å². The zero-order chi connectivity index (χ0) is 14.7. The van der Waals surface area contributed by atoms with Crippen molar-refractivity contribution in [2.75, 3.05) is 7.11 Å². The van der Waals surface area contributed by atoms with Crippen molar-refractivity contribution < 1.29 is 9.13 Å². The largest absolute Gasteiger partial charge is 0.496 e. The second kappa shape index (κ2) is 6.44. The van der Waals surface area contributed by atoms with Crippen molar-refractivity contribution >= 4 is 23.2 Å². The van der Waals surface area contributed by atoms with E-state index in [-0.39, 0.29) is 5.82 Å². The van der Waals surface area contributed by atoms with Gasteiger partial charge in [-0.05, 0) is 42.3 Å². The van der Waals surface area contributed by atoms with Gasteiger partial charge < -0.3 is 10.5 Å². The minimum absolute atomic E-state index is 0.321. The van der Waals surface area contributed by atoms with Gasteiger partial charge in [-0.1, -0.05) is 29.3 Å². The summed E-state index contributed by atoms with van der Waals surface area (Å²) in [6.07, 6.45) is 0.324. The lowest BCUT2D eigenvalue weighted by Crippen LogP contribution is -2.15. The van der Waals surface area contributed by atoms with Crippen LogP contribution in [0.4, 0.5) is 4.39 Å². The molecule has 0 fully saturated rings. The Morgan fingerprint density at radius 3 is 2.50 bits per heavy atom. The zero-order valence-electron chi connectivity index (χ0n) is 10.9. The molecule has 5 heteroatoms. The third-order valence-corrected chi connectivity index (χ3v) is 3.51. The highest BCUT2D eigenvalue weighted by Crippen LogP contribution is 2.30. The van der Waals surface area contributed by atoms with Gasteiger partial charge in [-0.15, -0.1) is 0 Å². The first-order valence-electron chi connectivity index (χ1n) is 6.04. The molecule has 0 spiro atoms. The van der Waals surface area contributed by atoms with E-state index in [1.807, 2.05) is 0 Å². The van der Waals surface area contributed by atoms with Crippen LogP contribution in [0, 0.1) is 5.82 Å². The molecule has 2 nitrogen and oxygen atoms in total. The summed E-state index contributed by atoms with van der Waals surface area (Å²) in [5.41, 5.74) is 7.39. The van der Waals surface area contributed by atoms with E-state index in [1.165, 1.54) is 12.1 Å². The van der Waals surface area contributed by atoms with Crippen LogP contribution in [0.2, 0.25) is 10.0 Å². The molecule has 0 saturated carbocycles. The van der Waals surface area contributed by atoms with Crippen LogP contribution in [0.25, 0.3) is 0 Å². The molecule has 2 aromatic rings. The van der Waals surface area contributed by atoms with Crippen LogP contribution in [-0.4, -0.2) is 7.11 Å². The first kappa shape index (κ1) is 15.1. The topological polar surface area (TPSA) is 35.2 Å². The van der Waals surface area contributed by atoms with E-state index in [4.69, 9.17) is 33.7 Å². The second-order valence-electron chi connectivity index (χ2n) is 4.43. The number of nitrogens with two attached hydrogens (primary N) is 1. The van der Waals surface area contributed by atoms with Crippen LogP contribution in [0.3, 0.4) is 0 Å². The summed E-state index contributed by atoms with van der Waals surface area (Å²) in [6, 6.07) is 9.22. The van der Waals surface area contributed by atoms with E-state index in [0.717, 1.165) is 5.56 Å². The van der Waals surface area contributed by atoms with Gasteiger partial charge in [0.05, 0.1) is 7.11 Å². The average molecular weight is 314 g/mol. The van der Waals surface area contributed by atoms with Crippen LogP contribution in [-0.2, 0) is 6.42 Å². The molecule has 0 aromatic heterocycles. The monoisotopic (exact) mass is 313 g/mol. The lowest BCUT2D eigenvalue weighted by molar-refractivity contribution is 0.405. The molecule has 0 aliphatic rings. The lowest BCUT2D eigenvalue weighted by Gasteiger charge is -2.16. The summed E-state index contributed by atoms with van der Waals surface area (Å²) < 4.78 is 19.0. The standard InChI is InChI=1S/C15H14Cl2FNO/c1-20-15-8-11(17)2-4-12(15)14(19)7-9-6-10(16)3-5-13(9)18/h2-6,8,14H,7,19H2,1H3. The molecule has 0 amide bonds. The van der Waals surface area contributed by atoms with Crippen molar-refractivity contribution in [1.82, 2.24) is 0 Å². The third-order valence-electron chi connectivity index (χ3n) is 3.04. The van der Waals surface area contributed by atoms with Crippen LogP contribution >= 0.6 is 23.2 Å². The molecule has 20 heavy (non-hydrogen) atoms. The maximum atomic E-state index is 13.7. The van der Waals surface area contributed by atoms with Crippen molar-refractivity contribution in [3.8, 4) is 5.75 Å². The number of halogens is 3. The fourth-order valence-corrected chi connectivity index (χ4v) is 2.39. The number of hydrogen-bond donors (Lipinski definition) is 1. The van der Waals surface area contributed by atoms with E-state index in [0.29, 0.717) is 27.8 Å². The molecule has 106 valence electrons. The molecular weight excluding hydrogens is 300 g/mol. The van der Waals surface area contributed by atoms with Gasteiger partial charge in [0.25, 0.3) is 0 Å². The number of ether oxygens (including phenoxy) is 1. The number of benzene rings is 2. The molecule has 0 heterocycles. The van der Waals surface area contributed by atoms with Gasteiger partial charge in [0, 0.05) is 21.7 Å². The number of rotatable bonds is 4. The Hall–Kier alpha value is -1.29. The first-order chi connectivity index (χ1) is 9.51. The zero-order valence-corrected chi connectivity index (χ0v) is 12.4. The maximum absolute atomic E-state index is 13.7. The molecular formula is C15H14Cl2FNO. The van der Waals surface area contributed by atoms with Crippen LogP contribution in [0.15, 0.2) is 36.4 Å². The summed E-state index contributed by atoms with van der Waals surface area (Å²) in [7, 11) is 1.54. The van der Waals surface area contributed by atoms with Crippen LogP contribution < -0.4 is 10.5 Å². The first-order valence-corrected chi connectivity index (χ1v) is 6.80. The number of methoxy groups -OCH3 is 1. The Morgan fingerprint density at radius 1 is 1.15 bits per heavy atom. The molecule has 0 bridgehead atoms. The summed E-state index contributed by atoms with van der Waals surface area (Å²) in [5.74, 6) is 0.269. The van der Waals surface area contributed by atoms with Gasteiger partial charge in [0.15, 0.2) is 0 Å². The van der Waals surface area contributed by atoms with Crippen LogP contribution in [0.1, 0.15) is 17.2 Å². The average Bonchev–Trinajstić information content (AvgIpc) is 2.42. The van der Waals surface area contributed by atoms with Crippen molar-refractivity contribution in [2.45, 2.75) is 12.5 Å². The van der Waals surface area contributed by atoms with Crippen molar-refractivity contribution in [2.24, 2.45) is 5.73 Å². The second-order valence-corrected chi connectivity index (χ2v) is 5.31. The normalized spacial score (nSPS) is 12.2. The molecule has 2 aromatic carbocycles. The molecule has 0 aliphatic heterocycles. The Kier molecular flexibility index (Phi) is 4.86. The summed E-state index contributed by atoms with van der Waals surface area (Å²) in [5, 5.41) is 1.04. The van der Waals surface area contributed by atoms with E-state index < -0.39 is 6.04 Å². The van der Waals surface area contributed by atoms with E-state index in [2.05, 4.69) is 0 Å². The van der Waals surface area contributed by atoms with E-state index >= 15 is 0 Å². The van der Waals surface area contributed by atoms with Gasteiger partial charge >= 0.3 is 0 Å². The Morgan fingerprint density at radius 2 is 1.80 bits per heavy atom. The van der Waals surface area contributed by atoms with Gasteiger partial charge in [-0.25, -0.2) is 4.39 Å². The van der Waals surface area contributed by atoms with Crippen molar-refractivity contribution in [3.05, 3.63) is 63.4 Å². The number of hydrogen-bond acceptors (Lipinski definition) is 2. The fraction of sp³-hybridized carbons (Fsp3) is 0.200. The van der Waals surface area contributed by atoms with Gasteiger partial charge in [0.1, 0.15) is 11.6 Å². The highest BCUT2D eigenvalue weighted by Gasteiger charge is 2.15. The van der Waals surface area contributed by atoms with Gasteiger partial charge in [0.2, 0.25) is 0 Å². The quantitative estimate of drug-likeness (QED) is 0.909. The fourth-order valence-electron chi connectivity index (χ4n) is 2.04. The summed E-state index contributed by atoms with van der Waals surface area (Å²) in [6.45, 7) is 0. The molecule has 2 rings (SSSR count). The van der Waals surface area contributed by atoms with E-state index in [9.17, 15) is 4.39 Å². The molecule has 0 aliphatic carbocycles. The SMILES string of the molecule is COc1cc(Cl)ccc1C(N)Cc1cc(Cl)ccc1F.